The van der Waals surface area contributed by atoms with Gasteiger partial charge in [-0.15, -0.1) is 0 Å². The van der Waals surface area contributed by atoms with Crippen molar-refractivity contribution < 1.29 is 9.84 Å². The molecule has 0 fully saturated rings. The first-order valence-electron chi connectivity index (χ1n) is 6.66. The lowest BCUT2D eigenvalue weighted by atomic mass is 10.1. The summed E-state index contributed by atoms with van der Waals surface area (Å²) in [6, 6.07) is 8.77. The van der Waals surface area contributed by atoms with Crippen LogP contribution in [-0.2, 0) is 0 Å². The minimum Gasteiger partial charge on any atom is -0.491 e. The van der Waals surface area contributed by atoms with Crippen molar-refractivity contribution in [1.82, 2.24) is 5.32 Å². The highest BCUT2D eigenvalue weighted by molar-refractivity contribution is 5.29. The second kappa shape index (κ2) is 7.39. The molecule has 0 aromatic heterocycles. The fourth-order valence-corrected chi connectivity index (χ4v) is 1.91. The maximum Gasteiger partial charge on any atom is 0.119 e. The number of benzene rings is 1. The van der Waals surface area contributed by atoms with Gasteiger partial charge in [0.25, 0.3) is 0 Å². The predicted octanol–water partition coefficient (Wildman–Crippen LogP) is 2.90. The first-order valence-corrected chi connectivity index (χ1v) is 6.66. The van der Waals surface area contributed by atoms with E-state index >= 15 is 0 Å². The first-order chi connectivity index (χ1) is 8.52. The third-order valence-electron chi connectivity index (χ3n) is 2.85. The Morgan fingerprint density at radius 2 is 1.72 bits per heavy atom. The molecule has 2 N–H and O–H groups in total. The average Bonchev–Trinajstić information content (AvgIpc) is 2.29. The third kappa shape index (κ3) is 5.07. The normalized spacial score (nSPS) is 14.6. The Kier molecular flexibility index (Phi) is 6.16. The summed E-state index contributed by atoms with van der Waals surface area (Å²) < 4.78 is 5.62. The number of aliphatic hydroxyl groups excluding tert-OH is 1. The zero-order valence-corrected chi connectivity index (χ0v) is 11.8. The van der Waals surface area contributed by atoms with Crippen LogP contribution in [0.4, 0.5) is 0 Å². The minimum absolute atomic E-state index is 0.205. The summed E-state index contributed by atoms with van der Waals surface area (Å²) in [5.41, 5.74) is 1.23. The van der Waals surface area contributed by atoms with Crippen LogP contribution in [0.2, 0.25) is 0 Å². The molecular weight excluding hydrogens is 226 g/mol. The van der Waals surface area contributed by atoms with Gasteiger partial charge in [-0.3, -0.25) is 0 Å². The molecule has 0 aliphatic carbocycles. The molecule has 2 unspecified atom stereocenters. The van der Waals surface area contributed by atoms with E-state index in [9.17, 15) is 0 Å². The van der Waals surface area contributed by atoms with E-state index in [1.807, 2.05) is 26.0 Å². The van der Waals surface area contributed by atoms with Gasteiger partial charge in [-0.05, 0) is 51.8 Å². The fourth-order valence-electron chi connectivity index (χ4n) is 1.91. The van der Waals surface area contributed by atoms with E-state index in [1.165, 1.54) is 5.56 Å². The molecule has 0 spiro atoms. The van der Waals surface area contributed by atoms with Crippen LogP contribution in [0.3, 0.4) is 0 Å². The van der Waals surface area contributed by atoms with Gasteiger partial charge in [0.2, 0.25) is 0 Å². The fraction of sp³-hybridized carbons (Fsp3) is 0.600. The van der Waals surface area contributed by atoms with E-state index in [0.29, 0.717) is 6.04 Å². The second-order valence-corrected chi connectivity index (χ2v) is 5.04. The lowest BCUT2D eigenvalue weighted by Crippen LogP contribution is -2.29. The van der Waals surface area contributed by atoms with Crippen LogP contribution in [-0.4, -0.2) is 23.9 Å². The molecule has 3 nitrogen and oxygen atoms in total. The van der Waals surface area contributed by atoms with Crippen molar-refractivity contribution in [2.45, 2.75) is 52.3 Å². The monoisotopic (exact) mass is 251 g/mol. The van der Waals surface area contributed by atoms with E-state index in [-0.39, 0.29) is 18.8 Å². The van der Waals surface area contributed by atoms with Crippen LogP contribution in [0.15, 0.2) is 24.3 Å². The lowest BCUT2D eigenvalue weighted by molar-refractivity contribution is 0.242. The molecule has 1 aromatic carbocycles. The van der Waals surface area contributed by atoms with Gasteiger partial charge in [0.1, 0.15) is 5.75 Å². The molecule has 0 saturated heterocycles. The smallest absolute Gasteiger partial charge is 0.119 e. The molecule has 1 rings (SSSR count). The number of ether oxygens (including phenoxy) is 1. The molecule has 0 radical (unpaired) electrons. The van der Waals surface area contributed by atoms with Crippen molar-refractivity contribution in [3.8, 4) is 5.75 Å². The van der Waals surface area contributed by atoms with Crippen molar-refractivity contribution in [3.05, 3.63) is 29.8 Å². The molecular formula is C15H25NO2. The Hall–Kier alpha value is -1.06. The van der Waals surface area contributed by atoms with Crippen molar-refractivity contribution in [2.24, 2.45) is 0 Å². The maximum absolute atomic E-state index is 8.88. The van der Waals surface area contributed by atoms with E-state index < -0.39 is 0 Å². The van der Waals surface area contributed by atoms with Crippen LogP contribution in [0, 0.1) is 0 Å². The molecule has 2 atom stereocenters. The summed E-state index contributed by atoms with van der Waals surface area (Å²) in [5, 5.41) is 12.3. The zero-order valence-electron chi connectivity index (χ0n) is 11.8. The molecule has 102 valence electrons. The Labute approximate surface area is 110 Å². The summed E-state index contributed by atoms with van der Waals surface area (Å²) in [5.74, 6) is 0.907. The summed E-state index contributed by atoms with van der Waals surface area (Å²) in [7, 11) is 0. The van der Waals surface area contributed by atoms with Crippen LogP contribution < -0.4 is 10.1 Å². The van der Waals surface area contributed by atoms with Gasteiger partial charge in [0, 0.05) is 18.7 Å². The molecule has 0 heterocycles. The molecule has 3 heteroatoms. The van der Waals surface area contributed by atoms with Gasteiger partial charge in [-0.25, -0.2) is 0 Å². The predicted molar refractivity (Wildman–Crippen MR) is 74.9 cm³/mol. The Morgan fingerprint density at radius 3 is 2.22 bits per heavy atom. The van der Waals surface area contributed by atoms with Gasteiger partial charge >= 0.3 is 0 Å². The zero-order chi connectivity index (χ0) is 13.5. The molecule has 0 aliphatic rings. The average molecular weight is 251 g/mol. The first kappa shape index (κ1) is 15.0. The van der Waals surface area contributed by atoms with Gasteiger partial charge in [-0.2, -0.15) is 0 Å². The quantitative estimate of drug-likeness (QED) is 0.783. The topological polar surface area (TPSA) is 41.5 Å². The summed E-state index contributed by atoms with van der Waals surface area (Å²) >= 11 is 0. The number of hydrogen-bond acceptors (Lipinski definition) is 3. The van der Waals surface area contributed by atoms with E-state index in [4.69, 9.17) is 9.84 Å². The summed E-state index contributed by atoms with van der Waals surface area (Å²) in [6.07, 6.45) is 0.981. The highest BCUT2D eigenvalue weighted by atomic mass is 16.5. The Balaban J connectivity index is 2.55. The number of aliphatic hydroxyl groups is 1. The lowest BCUT2D eigenvalue weighted by Gasteiger charge is -2.20. The largest absolute Gasteiger partial charge is 0.491 e. The molecule has 0 bridgehead atoms. The molecule has 0 saturated carbocycles. The van der Waals surface area contributed by atoms with Crippen molar-refractivity contribution in [1.29, 1.82) is 0 Å². The van der Waals surface area contributed by atoms with Crippen LogP contribution in [0.5, 0.6) is 5.75 Å². The van der Waals surface area contributed by atoms with Crippen LogP contribution in [0.25, 0.3) is 0 Å². The summed E-state index contributed by atoms with van der Waals surface area (Å²) in [4.78, 5) is 0. The molecule has 0 aliphatic heterocycles. The minimum atomic E-state index is 0.205. The summed E-state index contributed by atoms with van der Waals surface area (Å²) in [6.45, 7) is 8.49. The Morgan fingerprint density at radius 1 is 1.11 bits per heavy atom. The second-order valence-electron chi connectivity index (χ2n) is 5.04. The van der Waals surface area contributed by atoms with Gasteiger partial charge < -0.3 is 15.2 Å². The standard InChI is InChI=1S/C15H25NO2/c1-11(2)18-15-7-5-14(6-8-15)13(4)16-12(3)9-10-17/h5-8,11-13,16-17H,9-10H2,1-4H3. The molecule has 1 aromatic rings. The van der Waals surface area contributed by atoms with Crippen LogP contribution >= 0.6 is 0 Å². The highest BCUT2D eigenvalue weighted by Gasteiger charge is 2.09. The number of rotatable bonds is 7. The third-order valence-corrected chi connectivity index (χ3v) is 2.85. The van der Waals surface area contributed by atoms with Gasteiger partial charge in [0.15, 0.2) is 0 Å². The Bertz CT molecular complexity index is 335. The maximum atomic E-state index is 8.88. The van der Waals surface area contributed by atoms with Crippen LogP contribution in [0.1, 0.15) is 45.7 Å². The van der Waals surface area contributed by atoms with Gasteiger partial charge in [0.05, 0.1) is 6.10 Å². The van der Waals surface area contributed by atoms with E-state index in [2.05, 4.69) is 31.3 Å². The molecule has 18 heavy (non-hydrogen) atoms. The molecule has 0 amide bonds. The van der Waals surface area contributed by atoms with E-state index in [1.54, 1.807) is 0 Å². The SMILES string of the molecule is CC(CCO)NC(C)c1ccc(OC(C)C)cc1. The van der Waals surface area contributed by atoms with Crippen molar-refractivity contribution >= 4 is 0 Å². The van der Waals surface area contributed by atoms with E-state index in [0.717, 1.165) is 12.2 Å². The number of nitrogens with one attached hydrogen (secondary N) is 1. The number of hydrogen-bond donors (Lipinski definition) is 2. The van der Waals surface area contributed by atoms with Crippen molar-refractivity contribution in [3.63, 3.8) is 0 Å². The van der Waals surface area contributed by atoms with Crippen molar-refractivity contribution in [2.75, 3.05) is 6.61 Å². The van der Waals surface area contributed by atoms with Gasteiger partial charge in [-0.1, -0.05) is 12.1 Å². The highest BCUT2D eigenvalue weighted by Crippen LogP contribution is 2.19.